The van der Waals surface area contributed by atoms with E-state index in [2.05, 4.69) is 0 Å². The van der Waals surface area contributed by atoms with Gasteiger partial charge in [-0.2, -0.15) is 0 Å². The second kappa shape index (κ2) is 5.98. The number of aliphatic carboxylic acids is 1. The van der Waals surface area contributed by atoms with Gasteiger partial charge in [0.15, 0.2) is 0 Å². The molecule has 1 amide bonds. The zero-order valence-electron chi connectivity index (χ0n) is 13.9. The first kappa shape index (κ1) is 17.1. The summed E-state index contributed by atoms with van der Waals surface area (Å²) in [4.78, 5) is 25.0. The van der Waals surface area contributed by atoms with Crippen molar-refractivity contribution in [3.05, 3.63) is 53.1 Å². The molecule has 0 spiro atoms. The molecule has 2 aromatic rings. The summed E-state index contributed by atoms with van der Waals surface area (Å²) in [6, 6.07) is 7.56. The van der Waals surface area contributed by atoms with Crippen LogP contribution in [0.15, 0.2) is 30.3 Å². The molecular formula is C18H18F2N2O3. The summed E-state index contributed by atoms with van der Waals surface area (Å²) in [6.07, 6.45) is -0.217. The largest absolute Gasteiger partial charge is 0.479 e. The summed E-state index contributed by atoms with van der Waals surface area (Å²) in [5.74, 6) is -2.30. The predicted molar refractivity (Wildman–Crippen MR) is 87.2 cm³/mol. The van der Waals surface area contributed by atoms with Crippen LogP contribution in [0.25, 0.3) is 5.69 Å². The molecule has 3 rings (SSSR count). The minimum absolute atomic E-state index is 0.0574. The molecule has 1 atom stereocenters. The summed E-state index contributed by atoms with van der Waals surface area (Å²) in [5.41, 5.74) is 0.119. The summed E-state index contributed by atoms with van der Waals surface area (Å²) < 4.78 is 29.1. The maximum Gasteiger partial charge on any atom is 0.343 e. The minimum atomic E-state index is -2.39. The molecule has 2 heterocycles. The fourth-order valence-corrected chi connectivity index (χ4v) is 3.26. The van der Waals surface area contributed by atoms with Crippen molar-refractivity contribution in [2.75, 3.05) is 13.1 Å². The molecular weight excluding hydrogens is 330 g/mol. The number of rotatable bonds is 3. The van der Waals surface area contributed by atoms with E-state index in [1.165, 1.54) is 17.0 Å². The molecule has 25 heavy (non-hydrogen) atoms. The Balaban J connectivity index is 1.92. The van der Waals surface area contributed by atoms with E-state index in [1.807, 2.05) is 11.5 Å². The van der Waals surface area contributed by atoms with Crippen molar-refractivity contribution in [2.45, 2.75) is 25.9 Å². The molecule has 1 N–H and O–H groups in total. The van der Waals surface area contributed by atoms with Crippen LogP contribution in [0.1, 0.15) is 28.2 Å². The van der Waals surface area contributed by atoms with Gasteiger partial charge in [0.25, 0.3) is 5.91 Å². The van der Waals surface area contributed by atoms with Crippen LogP contribution in [-0.4, -0.2) is 45.2 Å². The molecule has 1 aromatic carbocycles. The smallest absolute Gasteiger partial charge is 0.343 e. The summed E-state index contributed by atoms with van der Waals surface area (Å²) in [5, 5.41) is 8.97. The first-order valence-electron chi connectivity index (χ1n) is 7.89. The number of aromatic nitrogens is 1. The van der Waals surface area contributed by atoms with E-state index in [9.17, 15) is 18.4 Å². The number of carbonyl (C=O) groups excluding carboxylic acids is 1. The Morgan fingerprint density at radius 3 is 2.40 bits per heavy atom. The lowest BCUT2D eigenvalue weighted by Crippen LogP contribution is -2.39. The maximum atomic E-state index is 14.2. The van der Waals surface area contributed by atoms with E-state index in [-0.39, 0.29) is 18.8 Å². The van der Waals surface area contributed by atoms with E-state index in [0.717, 1.165) is 5.69 Å². The SMILES string of the molecule is Cc1cc(C(=O)N2CCC(F)(C(=O)O)C2)c(C)n1-c1ccc(F)cc1. The van der Waals surface area contributed by atoms with Gasteiger partial charge in [0.1, 0.15) is 5.82 Å². The van der Waals surface area contributed by atoms with Crippen LogP contribution in [0.3, 0.4) is 0 Å². The number of hydrogen-bond acceptors (Lipinski definition) is 2. The molecule has 1 aliphatic rings. The van der Waals surface area contributed by atoms with Crippen molar-refractivity contribution in [1.82, 2.24) is 9.47 Å². The Bertz CT molecular complexity index is 845. The van der Waals surface area contributed by atoms with Crippen LogP contribution < -0.4 is 0 Å². The minimum Gasteiger partial charge on any atom is -0.479 e. The number of aryl methyl sites for hydroxylation is 1. The van der Waals surface area contributed by atoms with E-state index in [4.69, 9.17) is 5.11 Å². The molecule has 0 saturated carbocycles. The lowest BCUT2D eigenvalue weighted by atomic mass is 10.1. The number of nitrogens with zero attached hydrogens (tertiary/aromatic N) is 2. The number of carboxylic acid groups (broad SMARTS) is 1. The average Bonchev–Trinajstić information content (AvgIpc) is 3.10. The molecule has 0 bridgehead atoms. The molecule has 1 saturated heterocycles. The van der Waals surface area contributed by atoms with Gasteiger partial charge in [-0.05, 0) is 44.2 Å². The van der Waals surface area contributed by atoms with E-state index < -0.39 is 24.1 Å². The fourth-order valence-electron chi connectivity index (χ4n) is 3.26. The van der Waals surface area contributed by atoms with Gasteiger partial charge in [0.2, 0.25) is 5.67 Å². The highest BCUT2D eigenvalue weighted by Gasteiger charge is 2.47. The standard InChI is InChI=1S/C18H18F2N2O3/c1-11-9-15(12(2)22(11)14-5-3-13(19)4-6-14)16(23)21-8-7-18(20,10-21)17(24)25/h3-6,9H,7-8,10H2,1-2H3,(H,24,25). The molecule has 1 unspecified atom stereocenters. The lowest BCUT2D eigenvalue weighted by molar-refractivity contribution is -0.149. The highest BCUT2D eigenvalue weighted by atomic mass is 19.1. The molecule has 0 aliphatic carbocycles. The van der Waals surface area contributed by atoms with Crippen LogP contribution in [-0.2, 0) is 4.79 Å². The van der Waals surface area contributed by atoms with Crippen LogP contribution in [0.5, 0.6) is 0 Å². The third kappa shape index (κ3) is 2.90. The number of halogens is 2. The highest BCUT2D eigenvalue weighted by molar-refractivity contribution is 5.97. The van der Waals surface area contributed by atoms with Gasteiger partial charge in [0, 0.05) is 30.0 Å². The monoisotopic (exact) mass is 348 g/mol. The molecule has 1 aromatic heterocycles. The number of carboxylic acids is 1. The maximum absolute atomic E-state index is 14.2. The first-order chi connectivity index (χ1) is 11.7. The van der Waals surface area contributed by atoms with Crippen molar-refractivity contribution in [1.29, 1.82) is 0 Å². The predicted octanol–water partition coefficient (Wildman–Crippen LogP) is 2.87. The quantitative estimate of drug-likeness (QED) is 0.928. The number of carbonyl (C=O) groups is 2. The summed E-state index contributed by atoms with van der Waals surface area (Å²) in [6.45, 7) is 3.16. The van der Waals surface area contributed by atoms with E-state index in [0.29, 0.717) is 16.9 Å². The summed E-state index contributed by atoms with van der Waals surface area (Å²) in [7, 11) is 0. The van der Waals surface area contributed by atoms with Crippen molar-refractivity contribution in [3.63, 3.8) is 0 Å². The second-order valence-electron chi connectivity index (χ2n) is 6.34. The van der Waals surface area contributed by atoms with Crippen molar-refractivity contribution < 1.29 is 23.5 Å². The molecule has 7 heteroatoms. The van der Waals surface area contributed by atoms with Crippen LogP contribution in [0, 0.1) is 19.7 Å². The Hall–Kier alpha value is -2.70. The van der Waals surface area contributed by atoms with Gasteiger partial charge in [-0.15, -0.1) is 0 Å². The van der Waals surface area contributed by atoms with Gasteiger partial charge < -0.3 is 14.6 Å². The molecule has 1 fully saturated rings. The Morgan fingerprint density at radius 2 is 1.84 bits per heavy atom. The Labute approximate surface area is 143 Å². The van der Waals surface area contributed by atoms with Gasteiger partial charge in [-0.25, -0.2) is 13.6 Å². The first-order valence-corrected chi connectivity index (χ1v) is 7.89. The summed E-state index contributed by atoms with van der Waals surface area (Å²) >= 11 is 0. The molecule has 1 aliphatic heterocycles. The van der Waals surface area contributed by atoms with Crippen molar-refractivity contribution >= 4 is 11.9 Å². The van der Waals surface area contributed by atoms with Gasteiger partial charge in [0.05, 0.1) is 12.1 Å². The lowest BCUT2D eigenvalue weighted by Gasteiger charge is -2.18. The van der Waals surface area contributed by atoms with Crippen LogP contribution in [0.2, 0.25) is 0 Å². The van der Waals surface area contributed by atoms with E-state index in [1.54, 1.807) is 25.1 Å². The molecule has 132 valence electrons. The Morgan fingerprint density at radius 1 is 1.20 bits per heavy atom. The number of alkyl halides is 1. The molecule has 0 radical (unpaired) electrons. The third-order valence-electron chi connectivity index (χ3n) is 4.64. The molecule has 5 nitrogen and oxygen atoms in total. The van der Waals surface area contributed by atoms with Crippen LogP contribution in [0.4, 0.5) is 8.78 Å². The van der Waals surface area contributed by atoms with Gasteiger partial charge in [-0.3, -0.25) is 4.79 Å². The number of amides is 1. The average molecular weight is 348 g/mol. The normalized spacial score (nSPS) is 20.1. The zero-order valence-corrected chi connectivity index (χ0v) is 13.9. The fraction of sp³-hybridized carbons (Fsp3) is 0.333. The topological polar surface area (TPSA) is 62.5 Å². The van der Waals surface area contributed by atoms with Gasteiger partial charge >= 0.3 is 5.97 Å². The van der Waals surface area contributed by atoms with E-state index >= 15 is 0 Å². The number of benzene rings is 1. The van der Waals surface area contributed by atoms with Gasteiger partial charge in [-0.1, -0.05) is 0 Å². The number of likely N-dealkylation sites (tertiary alicyclic amines) is 1. The van der Waals surface area contributed by atoms with Crippen molar-refractivity contribution in [2.24, 2.45) is 0 Å². The van der Waals surface area contributed by atoms with Crippen LogP contribution >= 0.6 is 0 Å². The highest BCUT2D eigenvalue weighted by Crippen LogP contribution is 2.29. The zero-order chi connectivity index (χ0) is 18.4. The van der Waals surface area contributed by atoms with Crippen molar-refractivity contribution in [3.8, 4) is 5.69 Å². The third-order valence-corrected chi connectivity index (χ3v) is 4.64. The number of hydrogen-bond donors (Lipinski definition) is 1. The Kier molecular flexibility index (Phi) is 4.10. The second-order valence-corrected chi connectivity index (χ2v) is 6.34.